The van der Waals surface area contributed by atoms with E-state index in [1.54, 1.807) is 0 Å². The number of hydrogen-bond acceptors (Lipinski definition) is 4. The van der Waals surface area contributed by atoms with Crippen molar-refractivity contribution < 1.29 is 13.2 Å². The van der Waals surface area contributed by atoms with Crippen molar-refractivity contribution in [2.75, 3.05) is 6.54 Å². The van der Waals surface area contributed by atoms with Crippen molar-refractivity contribution in [2.45, 2.75) is 43.9 Å². The van der Waals surface area contributed by atoms with Crippen LogP contribution in [0.2, 0.25) is 0 Å². The zero-order chi connectivity index (χ0) is 15.4. The summed E-state index contributed by atoms with van der Waals surface area (Å²) < 4.78 is 23.5. The lowest BCUT2D eigenvalue weighted by Crippen LogP contribution is -2.28. The third-order valence-electron chi connectivity index (χ3n) is 4.42. The molecule has 2 fully saturated rings. The predicted molar refractivity (Wildman–Crippen MR) is 77.8 cm³/mol. The van der Waals surface area contributed by atoms with Gasteiger partial charge < -0.3 is 5.32 Å². The van der Waals surface area contributed by atoms with Crippen molar-refractivity contribution in [1.82, 2.24) is 15.5 Å². The van der Waals surface area contributed by atoms with Gasteiger partial charge in [0.25, 0.3) is 15.0 Å². The number of aromatic amines is 1. The first-order valence-electron chi connectivity index (χ1n) is 7.01. The number of rotatable bonds is 5. The molecule has 1 amide bonds. The van der Waals surface area contributed by atoms with E-state index in [-0.39, 0.29) is 21.9 Å². The molecule has 1 heterocycles. The van der Waals surface area contributed by atoms with E-state index >= 15 is 0 Å². The number of H-pyrrole nitrogens is 1. The van der Waals surface area contributed by atoms with Gasteiger partial charge in [0, 0.05) is 23.1 Å². The fraction of sp³-hybridized carbons (Fsp3) is 0.692. The maximum absolute atomic E-state index is 12.2. The minimum Gasteiger partial charge on any atom is -0.350 e. The Morgan fingerprint density at radius 2 is 2.10 bits per heavy atom. The van der Waals surface area contributed by atoms with E-state index < -0.39 is 15.0 Å². The van der Waals surface area contributed by atoms with Gasteiger partial charge in [-0.3, -0.25) is 9.89 Å². The summed E-state index contributed by atoms with van der Waals surface area (Å²) in [5.74, 6) is 0.0596. The Kier molecular flexibility index (Phi) is 3.33. The van der Waals surface area contributed by atoms with Gasteiger partial charge in [0.1, 0.15) is 4.90 Å². The molecule has 3 rings (SSSR count). The van der Waals surface area contributed by atoms with Gasteiger partial charge in [-0.1, -0.05) is 13.8 Å². The zero-order valence-electron chi connectivity index (χ0n) is 11.9. The Balaban J connectivity index is 1.80. The van der Waals surface area contributed by atoms with Gasteiger partial charge in [-0.05, 0) is 30.6 Å². The quantitative estimate of drug-likeness (QED) is 0.807. The molecule has 1 atom stereocenters. The Hall–Kier alpha value is -1.08. The van der Waals surface area contributed by atoms with Crippen molar-refractivity contribution in [2.24, 2.45) is 11.3 Å². The second-order valence-electron chi connectivity index (χ2n) is 6.63. The normalized spacial score (nSPS) is 23.9. The number of carbonyl (C=O) groups is 1. The van der Waals surface area contributed by atoms with Crippen LogP contribution in [0.5, 0.6) is 0 Å². The number of nitrogens with zero attached hydrogens (tertiary/aromatic N) is 1. The van der Waals surface area contributed by atoms with Gasteiger partial charge in [-0.25, -0.2) is 8.42 Å². The lowest BCUT2D eigenvalue weighted by atomic mass is 10.1. The molecule has 1 aromatic heterocycles. The molecule has 2 saturated carbocycles. The molecule has 2 N–H and O–H groups in total. The molecule has 0 bridgehead atoms. The summed E-state index contributed by atoms with van der Waals surface area (Å²) in [4.78, 5) is 12.0. The minimum absolute atomic E-state index is 0.116. The molecule has 2 aliphatic rings. The summed E-state index contributed by atoms with van der Waals surface area (Å²) in [6, 6.07) is 0. The molecule has 0 aliphatic heterocycles. The van der Waals surface area contributed by atoms with E-state index in [1.807, 2.05) is 0 Å². The van der Waals surface area contributed by atoms with Crippen LogP contribution in [-0.4, -0.2) is 31.1 Å². The van der Waals surface area contributed by atoms with E-state index in [9.17, 15) is 13.2 Å². The summed E-state index contributed by atoms with van der Waals surface area (Å²) in [6.07, 6.45) is 2.83. The van der Waals surface area contributed by atoms with E-state index in [0.29, 0.717) is 18.2 Å². The van der Waals surface area contributed by atoms with Crippen LogP contribution in [-0.2, 0) is 9.05 Å². The highest BCUT2D eigenvalue weighted by atomic mass is 35.7. The van der Waals surface area contributed by atoms with Crippen molar-refractivity contribution in [1.29, 1.82) is 0 Å². The fourth-order valence-corrected chi connectivity index (χ4v) is 3.93. The van der Waals surface area contributed by atoms with E-state index in [2.05, 4.69) is 29.4 Å². The molecule has 6 nitrogen and oxygen atoms in total. The maximum atomic E-state index is 12.2. The average molecular weight is 332 g/mol. The largest absolute Gasteiger partial charge is 0.350 e. The van der Waals surface area contributed by atoms with Gasteiger partial charge in [0.05, 0.1) is 5.69 Å². The third-order valence-corrected chi connectivity index (χ3v) is 5.78. The second kappa shape index (κ2) is 4.71. The molecule has 1 aromatic rings. The number of amides is 1. The van der Waals surface area contributed by atoms with Crippen LogP contribution in [0.15, 0.2) is 4.90 Å². The van der Waals surface area contributed by atoms with Crippen LogP contribution < -0.4 is 5.32 Å². The molecule has 0 spiro atoms. The Morgan fingerprint density at radius 3 is 2.57 bits per heavy atom. The molecular weight excluding hydrogens is 314 g/mol. The molecule has 21 heavy (non-hydrogen) atoms. The number of hydrogen-bond donors (Lipinski definition) is 2. The Morgan fingerprint density at radius 1 is 1.48 bits per heavy atom. The number of nitrogens with one attached hydrogen (secondary N) is 2. The summed E-state index contributed by atoms with van der Waals surface area (Å²) in [5.41, 5.74) is 0.589. The highest BCUT2D eigenvalue weighted by molar-refractivity contribution is 8.13. The highest BCUT2D eigenvalue weighted by Gasteiger charge is 2.45. The Labute approximate surface area is 128 Å². The molecule has 0 aromatic carbocycles. The molecular formula is C13H18ClN3O3S. The zero-order valence-corrected chi connectivity index (χ0v) is 13.5. The smallest absolute Gasteiger partial charge is 0.273 e. The van der Waals surface area contributed by atoms with Gasteiger partial charge in [-0.15, -0.1) is 0 Å². The molecule has 0 saturated heterocycles. The Bertz CT molecular complexity index is 692. The van der Waals surface area contributed by atoms with Crippen LogP contribution in [0, 0.1) is 11.3 Å². The van der Waals surface area contributed by atoms with Gasteiger partial charge in [-0.2, -0.15) is 5.10 Å². The standard InChI is InChI=1S/C13H18ClN3O3S/c1-13(2)5-8(13)6-15-12(18)10-11(21(14,19)20)9(16-17-10)7-3-4-7/h7-8H,3-6H2,1-2H3,(H,15,18)(H,16,17). The van der Waals surface area contributed by atoms with Gasteiger partial charge in [0.2, 0.25) is 0 Å². The van der Waals surface area contributed by atoms with Crippen LogP contribution in [0.1, 0.15) is 55.2 Å². The third kappa shape index (κ3) is 2.94. The number of aromatic nitrogens is 2. The average Bonchev–Trinajstić information content (AvgIpc) is 3.24. The highest BCUT2D eigenvalue weighted by Crippen LogP contribution is 2.51. The van der Waals surface area contributed by atoms with E-state index in [0.717, 1.165) is 19.3 Å². The van der Waals surface area contributed by atoms with Crippen LogP contribution in [0.4, 0.5) is 0 Å². The summed E-state index contributed by atoms with van der Waals surface area (Å²) in [5, 5.41) is 9.30. The van der Waals surface area contributed by atoms with Gasteiger partial charge in [0.15, 0.2) is 5.69 Å². The van der Waals surface area contributed by atoms with Crippen molar-refractivity contribution in [3.8, 4) is 0 Å². The predicted octanol–water partition coefficient (Wildman–Crippen LogP) is 1.99. The van der Waals surface area contributed by atoms with E-state index in [4.69, 9.17) is 10.7 Å². The number of carbonyl (C=O) groups excluding carboxylic acids is 1. The van der Waals surface area contributed by atoms with Crippen LogP contribution >= 0.6 is 10.7 Å². The van der Waals surface area contributed by atoms with Crippen molar-refractivity contribution in [3.05, 3.63) is 11.4 Å². The van der Waals surface area contributed by atoms with Gasteiger partial charge >= 0.3 is 0 Å². The fourth-order valence-electron chi connectivity index (χ4n) is 2.62. The van der Waals surface area contributed by atoms with Crippen molar-refractivity contribution >= 4 is 25.6 Å². The first-order chi connectivity index (χ1) is 9.70. The maximum Gasteiger partial charge on any atom is 0.273 e. The lowest BCUT2D eigenvalue weighted by molar-refractivity contribution is 0.0942. The summed E-state index contributed by atoms with van der Waals surface area (Å²) in [7, 11) is 1.48. The molecule has 8 heteroatoms. The van der Waals surface area contributed by atoms with Crippen LogP contribution in [0.3, 0.4) is 0 Å². The SMILES string of the molecule is CC1(C)CC1CNC(=O)c1n[nH]c(C2CC2)c1S(=O)(=O)Cl. The van der Waals surface area contributed by atoms with Crippen LogP contribution in [0.25, 0.3) is 0 Å². The first-order valence-corrected chi connectivity index (χ1v) is 9.32. The summed E-state index contributed by atoms with van der Waals surface area (Å²) in [6.45, 7) is 4.80. The minimum atomic E-state index is -4.00. The molecule has 2 aliphatic carbocycles. The molecule has 1 unspecified atom stereocenters. The topological polar surface area (TPSA) is 91.9 Å². The number of halogens is 1. The van der Waals surface area contributed by atoms with E-state index in [1.165, 1.54) is 0 Å². The second-order valence-corrected chi connectivity index (χ2v) is 9.13. The monoisotopic (exact) mass is 331 g/mol. The van der Waals surface area contributed by atoms with Crippen molar-refractivity contribution in [3.63, 3.8) is 0 Å². The molecule has 0 radical (unpaired) electrons. The summed E-state index contributed by atoms with van der Waals surface area (Å²) >= 11 is 0. The first kappa shape index (κ1) is 14.8. The molecule has 116 valence electrons. The lowest BCUT2D eigenvalue weighted by Gasteiger charge is -2.06.